The zero-order chi connectivity index (χ0) is 18.5. The molecule has 0 spiro atoms. The van der Waals surface area contributed by atoms with Crippen LogP contribution in [0.15, 0.2) is 24.4 Å². The first kappa shape index (κ1) is 16.6. The minimum absolute atomic E-state index is 0.269. The van der Waals surface area contributed by atoms with Gasteiger partial charge in [0.05, 0.1) is 24.0 Å². The maximum Gasteiger partial charge on any atom is 0.410 e. The summed E-state index contributed by atoms with van der Waals surface area (Å²) >= 11 is 0. The predicted octanol–water partition coefficient (Wildman–Crippen LogP) is 2.97. The van der Waals surface area contributed by atoms with E-state index in [1.54, 1.807) is 11.0 Å². The summed E-state index contributed by atoms with van der Waals surface area (Å²) in [6.07, 6.45) is 1.49. The van der Waals surface area contributed by atoms with Gasteiger partial charge in [0.2, 0.25) is 0 Å². The van der Waals surface area contributed by atoms with Gasteiger partial charge in [-0.15, -0.1) is 0 Å². The molecule has 0 bridgehead atoms. The summed E-state index contributed by atoms with van der Waals surface area (Å²) < 4.78 is 12.6. The molecule has 0 saturated carbocycles. The molecule has 2 aliphatic rings. The van der Waals surface area contributed by atoms with E-state index in [0.29, 0.717) is 31.8 Å². The minimum atomic E-state index is -0.515. The highest BCUT2D eigenvalue weighted by molar-refractivity contribution is 5.94. The normalized spacial score (nSPS) is 16.1. The van der Waals surface area contributed by atoms with Crippen molar-refractivity contribution in [3.8, 4) is 11.3 Å². The Morgan fingerprint density at radius 3 is 2.85 bits per heavy atom. The molecule has 0 saturated heterocycles. The van der Waals surface area contributed by atoms with Crippen LogP contribution < -0.4 is 0 Å². The van der Waals surface area contributed by atoms with Gasteiger partial charge >= 0.3 is 12.1 Å². The highest BCUT2D eigenvalue weighted by Gasteiger charge is 2.28. The number of nitrogens with zero attached hydrogens (tertiary/aromatic N) is 3. The van der Waals surface area contributed by atoms with Gasteiger partial charge in [-0.25, -0.2) is 14.6 Å². The van der Waals surface area contributed by atoms with Crippen LogP contribution in [0.2, 0.25) is 0 Å². The molecule has 26 heavy (non-hydrogen) atoms. The fourth-order valence-electron chi connectivity index (χ4n) is 3.27. The molecule has 0 aliphatic carbocycles. The van der Waals surface area contributed by atoms with Crippen LogP contribution in [0.3, 0.4) is 0 Å². The molecule has 0 radical (unpaired) electrons. The number of ether oxygens (including phenoxy) is 2. The van der Waals surface area contributed by atoms with E-state index in [9.17, 15) is 9.59 Å². The van der Waals surface area contributed by atoms with Crippen LogP contribution in [0.25, 0.3) is 11.3 Å². The first-order valence-electron chi connectivity index (χ1n) is 8.64. The van der Waals surface area contributed by atoms with Gasteiger partial charge in [0, 0.05) is 24.2 Å². The van der Waals surface area contributed by atoms with E-state index in [2.05, 4.69) is 9.55 Å². The Balaban J connectivity index is 1.57. The van der Waals surface area contributed by atoms with Crippen molar-refractivity contribution >= 4 is 12.1 Å². The molecule has 7 heteroatoms. The predicted molar refractivity (Wildman–Crippen MR) is 93.4 cm³/mol. The van der Waals surface area contributed by atoms with Crippen molar-refractivity contribution in [2.24, 2.45) is 0 Å². The molecule has 0 unspecified atom stereocenters. The number of amides is 1. The summed E-state index contributed by atoms with van der Waals surface area (Å²) in [6, 6.07) is 5.69. The van der Waals surface area contributed by atoms with Gasteiger partial charge in [-0.1, -0.05) is 6.07 Å². The number of esters is 1. The number of imidazole rings is 1. The van der Waals surface area contributed by atoms with Crippen molar-refractivity contribution < 1.29 is 19.1 Å². The molecule has 4 rings (SSSR count). The number of hydrogen-bond acceptors (Lipinski definition) is 5. The fraction of sp³-hybridized carbons (Fsp3) is 0.421. The summed E-state index contributed by atoms with van der Waals surface area (Å²) in [5, 5.41) is 0. The number of carbonyl (C=O) groups excluding carboxylic acids is 2. The monoisotopic (exact) mass is 355 g/mol. The first-order valence-corrected chi connectivity index (χ1v) is 8.64. The highest BCUT2D eigenvalue weighted by Crippen LogP contribution is 2.29. The molecule has 1 amide bonds. The lowest BCUT2D eigenvalue weighted by molar-refractivity contribution is 0.0195. The molecule has 0 N–H and O–H groups in total. The number of hydrogen-bond donors (Lipinski definition) is 0. The molecule has 0 fully saturated rings. The van der Waals surface area contributed by atoms with E-state index >= 15 is 0 Å². The molecular weight excluding hydrogens is 334 g/mol. The molecule has 0 atom stereocenters. The third-order valence-electron chi connectivity index (χ3n) is 4.50. The van der Waals surface area contributed by atoms with Crippen molar-refractivity contribution in [1.29, 1.82) is 0 Å². The molecule has 2 aromatic rings. The number of cyclic esters (lactones) is 1. The molecule has 7 nitrogen and oxygen atoms in total. The molecule has 2 aliphatic heterocycles. The van der Waals surface area contributed by atoms with E-state index in [1.807, 2.05) is 39.1 Å². The van der Waals surface area contributed by atoms with Crippen LogP contribution in [0.4, 0.5) is 4.79 Å². The van der Waals surface area contributed by atoms with E-state index in [-0.39, 0.29) is 12.1 Å². The molecule has 1 aromatic carbocycles. The molecule has 1 aromatic heterocycles. The Morgan fingerprint density at radius 2 is 2.08 bits per heavy atom. The zero-order valence-corrected chi connectivity index (χ0v) is 15.1. The fourth-order valence-corrected chi connectivity index (χ4v) is 3.27. The second-order valence-corrected chi connectivity index (χ2v) is 7.56. The van der Waals surface area contributed by atoms with Crippen molar-refractivity contribution in [2.45, 2.75) is 46.1 Å². The van der Waals surface area contributed by atoms with Crippen LogP contribution in [0.1, 0.15) is 42.5 Å². The van der Waals surface area contributed by atoms with Gasteiger partial charge in [-0.2, -0.15) is 0 Å². The Labute approximate surface area is 151 Å². The average Bonchev–Trinajstić information content (AvgIpc) is 3.16. The lowest BCUT2D eigenvalue weighted by Gasteiger charge is -2.31. The van der Waals surface area contributed by atoms with E-state index in [0.717, 1.165) is 22.6 Å². The van der Waals surface area contributed by atoms with Gasteiger partial charge in [0.15, 0.2) is 0 Å². The minimum Gasteiger partial charge on any atom is -0.457 e. The second kappa shape index (κ2) is 5.86. The smallest absolute Gasteiger partial charge is 0.410 e. The number of fused-ring (bicyclic) bond motifs is 2. The second-order valence-electron chi connectivity index (χ2n) is 7.56. The van der Waals surface area contributed by atoms with Crippen LogP contribution in [0.5, 0.6) is 0 Å². The highest BCUT2D eigenvalue weighted by atomic mass is 16.6. The average molecular weight is 355 g/mol. The Morgan fingerprint density at radius 1 is 1.27 bits per heavy atom. The first-order chi connectivity index (χ1) is 12.3. The van der Waals surface area contributed by atoms with Crippen molar-refractivity contribution in [3.05, 3.63) is 41.3 Å². The quantitative estimate of drug-likeness (QED) is 0.735. The maximum absolute atomic E-state index is 12.3. The summed E-state index contributed by atoms with van der Waals surface area (Å²) in [5.41, 5.74) is 2.98. The van der Waals surface area contributed by atoms with Crippen molar-refractivity contribution in [2.75, 3.05) is 6.54 Å². The number of carbonyl (C=O) groups is 2. The summed E-state index contributed by atoms with van der Waals surface area (Å²) in [7, 11) is 0. The Hall–Kier alpha value is -2.83. The van der Waals surface area contributed by atoms with E-state index in [4.69, 9.17) is 9.47 Å². The van der Waals surface area contributed by atoms with Gasteiger partial charge in [-0.3, -0.25) is 4.90 Å². The third-order valence-corrected chi connectivity index (χ3v) is 4.50. The topological polar surface area (TPSA) is 73.7 Å². The third kappa shape index (κ3) is 2.94. The summed E-state index contributed by atoms with van der Waals surface area (Å²) in [6.45, 7) is 7.52. The van der Waals surface area contributed by atoms with Gasteiger partial charge < -0.3 is 14.0 Å². The van der Waals surface area contributed by atoms with Gasteiger partial charge in [0.1, 0.15) is 18.0 Å². The lowest BCUT2D eigenvalue weighted by Crippen LogP contribution is -2.41. The van der Waals surface area contributed by atoms with Crippen molar-refractivity contribution in [1.82, 2.24) is 14.5 Å². The van der Waals surface area contributed by atoms with Crippen LogP contribution in [-0.2, 0) is 29.2 Å². The molecular formula is C19H21N3O4. The molecule has 3 heterocycles. The van der Waals surface area contributed by atoms with E-state index in [1.165, 1.54) is 0 Å². The zero-order valence-electron chi connectivity index (χ0n) is 15.1. The lowest BCUT2D eigenvalue weighted by atomic mass is 10.0. The molecule has 136 valence electrons. The van der Waals surface area contributed by atoms with E-state index < -0.39 is 5.60 Å². The van der Waals surface area contributed by atoms with Crippen LogP contribution in [0, 0.1) is 0 Å². The maximum atomic E-state index is 12.3. The van der Waals surface area contributed by atoms with Gasteiger partial charge in [0.25, 0.3) is 0 Å². The SMILES string of the molecule is CC(C)(C)OC(=O)N1CCn2c(-c3ccc4c(c3)COC4=O)cnc2C1. The number of benzene rings is 1. The Bertz CT molecular complexity index is 895. The number of rotatable bonds is 1. The van der Waals surface area contributed by atoms with Crippen LogP contribution >= 0.6 is 0 Å². The van der Waals surface area contributed by atoms with Crippen molar-refractivity contribution in [3.63, 3.8) is 0 Å². The van der Waals surface area contributed by atoms with Crippen LogP contribution in [-0.4, -0.2) is 38.7 Å². The summed E-state index contributed by atoms with van der Waals surface area (Å²) in [5.74, 6) is 0.555. The van der Waals surface area contributed by atoms with Gasteiger partial charge in [-0.05, 0) is 32.9 Å². The number of aromatic nitrogens is 2. The standard InChI is InChI=1S/C19H21N3O4/c1-19(2,3)26-18(24)21-6-7-22-15(9-20-16(22)10-21)12-4-5-14-13(8-12)11-25-17(14)23/h4-5,8-9H,6-7,10-11H2,1-3H3. The largest absolute Gasteiger partial charge is 0.457 e. The Kier molecular flexibility index (Phi) is 3.75. The summed E-state index contributed by atoms with van der Waals surface area (Å²) in [4.78, 5) is 30.0.